The van der Waals surface area contributed by atoms with Crippen LogP contribution in [0.2, 0.25) is 5.02 Å². The lowest BCUT2D eigenvalue weighted by Gasteiger charge is -2.11. The molecule has 7 nitrogen and oxygen atoms in total. The van der Waals surface area contributed by atoms with Gasteiger partial charge in [0.05, 0.1) is 10.6 Å². The van der Waals surface area contributed by atoms with Crippen molar-refractivity contribution >= 4 is 35.0 Å². The molecule has 144 valence electrons. The normalized spacial score (nSPS) is 10.4. The Morgan fingerprint density at radius 3 is 2.64 bits per heavy atom. The van der Waals surface area contributed by atoms with Crippen LogP contribution in [0, 0.1) is 12.7 Å². The van der Waals surface area contributed by atoms with Gasteiger partial charge in [0.2, 0.25) is 0 Å². The molecule has 28 heavy (non-hydrogen) atoms. The van der Waals surface area contributed by atoms with Crippen LogP contribution >= 0.6 is 11.6 Å². The van der Waals surface area contributed by atoms with E-state index >= 15 is 0 Å². The summed E-state index contributed by atoms with van der Waals surface area (Å²) >= 11 is 5.89. The van der Waals surface area contributed by atoms with Crippen molar-refractivity contribution in [1.29, 1.82) is 0 Å². The summed E-state index contributed by atoms with van der Waals surface area (Å²) in [6, 6.07) is 11.4. The van der Waals surface area contributed by atoms with Crippen LogP contribution in [-0.2, 0) is 0 Å². The molecular weight excluding hydrogens is 383 g/mol. The second-order valence-electron chi connectivity index (χ2n) is 5.80. The second-order valence-corrected chi connectivity index (χ2v) is 6.21. The molecule has 0 radical (unpaired) electrons. The number of benzene rings is 1. The number of carbonyl (C=O) groups is 1. The van der Waals surface area contributed by atoms with Crippen molar-refractivity contribution in [2.45, 2.75) is 6.92 Å². The van der Waals surface area contributed by atoms with Crippen LogP contribution < -0.4 is 16.0 Å². The minimum Gasteiger partial charge on any atom is -0.368 e. The molecule has 0 aliphatic rings. The number of pyridine rings is 1. The Morgan fingerprint density at radius 1 is 1.07 bits per heavy atom. The number of anilines is 3. The molecule has 0 atom stereocenters. The molecule has 0 saturated heterocycles. The summed E-state index contributed by atoms with van der Waals surface area (Å²) in [5, 5.41) is 8.89. The van der Waals surface area contributed by atoms with Crippen LogP contribution in [0.4, 0.5) is 21.8 Å². The van der Waals surface area contributed by atoms with Gasteiger partial charge < -0.3 is 16.0 Å². The zero-order valence-corrected chi connectivity index (χ0v) is 15.8. The van der Waals surface area contributed by atoms with Crippen LogP contribution in [-0.4, -0.2) is 33.9 Å². The standard InChI is InChI=1S/C19H18ClFN6O/c1-12-25-16(11-17(26-12)27-15-7-2-3-8-22-15)23-9-10-24-19(28)18-13(20)5-4-6-14(18)21/h2-8,11H,9-10H2,1H3,(H,24,28)(H2,22,23,25,26,27). The number of carbonyl (C=O) groups excluding carboxylic acids is 1. The molecule has 0 aliphatic carbocycles. The van der Waals surface area contributed by atoms with Gasteiger partial charge in [0.1, 0.15) is 29.1 Å². The number of rotatable bonds is 7. The molecule has 0 bridgehead atoms. The van der Waals surface area contributed by atoms with Crippen molar-refractivity contribution in [2.75, 3.05) is 23.7 Å². The van der Waals surface area contributed by atoms with Gasteiger partial charge in [-0.3, -0.25) is 4.79 Å². The summed E-state index contributed by atoms with van der Waals surface area (Å²) in [4.78, 5) is 24.9. The van der Waals surface area contributed by atoms with Gasteiger partial charge in [0.25, 0.3) is 5.91 Å². The highest BCUT2D eigenvalue weighted by Crippen LogP contribution is 2.18. The van der Waals surface area contributed by atoms with E-state index in [1.165, 1.54) is 18.2 Å². The van der Waals surface area contributed by atoms with Gasteiger partial charge in [0.15, 0.2) is 0 Å². The van der Waals surface area contributed by atoms with Crippen LogP contribution in [0.1, 0.15) is 16.2 Å². The topological polar surface area (TPSA) is 91.8 Å². The van der Waals surface area contributed by atoms with Gasteiger partial charge in [0, 0.05) is 25.4 Å². The van der Waals surface area contributed by atoms with Gasteiger partial charge in [-0.2, -0.15) is 0 Å². The largest absolute Gasteiger partial charge is 0.368 e. The lowest BCUT2D eigenvalue weighted by molar-refractivity contribution is 0.0951. The fraction of sp³-hybridized carbons (Fsp3) is 0.158. The Bertz CT molecular complexity index is 950. The van der Waals surface area contributed by atoms with Crippen molar-refractivity contribution in [3.63, 3.8) is 0 Å². The summed E-state index contributed by atoms with van der Waals surface area (Å²) in [5.41, 5.74) is -0.163. The van der Waals surface area contributed by atoms with E-state index in [2.05, 4.69) is 30.9 Å². The molecule has 0 aliphatic heterocycles. The van der Waals surface area contributed by atoms with Gasteiger partial charge in [-0.25, -0.2) is 19.3 Å². The molecule has 0 unspecified atom stereocenters. The maximum absolute atomic E-state index is 13.8. The van der Waals surface area contributed by atoms with E-state index in [1.54, 1.807) is 19.2 Å². The third-order valence-electron chi connectivity index (χ3n) is 3.67. The Balaban J connectivity index is 1.55. The first-order valence-electron chi connectivity index (χ1n) is 8.53. The quantitative estimate of drug-likeness (QED) is 0.525. The van der Waals surface area contributed by atoms with Crippen molar-refractivity contribution in [3.05, 3.63) is 70.9 Å². The number of aromatic nitrogens is 3. The lowest BCUT2D eigenvalue weighted by Crippen LogP contribution is -2.29. The van der Waals surface area contributed by atoms with Crippen LogP contribution in [0.5, 0.6) is 0 Å². The number of halogens is 2. The molecule has 2 heterocycles. The van der Waals surface area contributed by atoms with E-state index in [-0.39, 0.29) is 17.1 Å². The molecule has 2 aromatic heterocycles. The molecule has 1 amide bonds. The predicted octanol–water partition coefficient (Wildman–Crippen LogP) is 3.56. The van der Waals surface area contributed by atoms with Gasteiger partial charge >= 0.3 is 0 Å². The molecule has 0 fully saturated rings. The summed E-state index contributed by atoms with van der Waals surface area (Å²) < 4.78 is 13.8. The minimum atomic E-state index is -0.658. The predicted molar refractivity (Wildman–Crippen MR) is 107 cm³/mol. The van der Waals surface area contributed by atoms with E-state index in [4.69, 9.17) is 11.6 Å². The SMILES string of the molecule is Cc1nc(NCCNC(=O)c2c(F)cccc2Cl)cc(Nc2ccccn2)n1. The third-order valence-corrected chi connectivity index (χ3v) is 3.98. The average molecular weight is 401 g/mol. The molecule has 0 spiro atoms. The smallest absolute Gasteiger partial charge is 0.255 e. The van der Waals surface area contributed by atoms with Gasteiger partial charge in [-0.15, -0.1) is 0 Å². The van der Waals surface area contributed by atoms with Crippen molar-refractivity contribution in [2.24, 2.45) is 0 Å². The maximum Gasteiger partial charge on any atom is 0.255 e. The number of hydrogen-bond donors (Lipinski definition) is 3. The molecule has 3 rings (SSSR count). The summed E-state index contributed by atoms with van der Waals surface area (Å²) in [7, 11) is 0. The molecule has 3 N–H and O–H groups in total. The Hall–Kier alpha value is -3.26. The van der Waals surface area contributed by atoms with E-state index in [0.29, 0.717) is 29.8 Å². The van der Waals surface area contributed by atoms with E-state index in [9.17, 15) is 9.18 Å². The van der Waals surface area contributed by atoms with Crippen LogP contribution in [0.3, 0.4) is 0 Å². The zero-order valence-electron chi connectivity index (χ0n) is 15.0. The zero-order chi connectivity index (χ0) is 19.9. The number of amides is 1. The second kappa shape index (κ2) is 9.09. The first-order valence-corrected chi connectivity index (χ1v) is 8.90. The summed E-state index contributed by atoms with van der Waals surface area (Å²) in [6.45, 7) is 2.42. The maximum atomic E-state index is 13.8. The summed E-state index contributed by atoms with van der Waals surface area (Å²) in [6.07, 6.45) is 1.68. The van der Waals surface area contributed by atoms with Crippen LogP contribution in [0.15, 0.2) is 48.7 Å². The van der Waals surface area contributed by atoms with Crippen molar-refractivity contribution in [3.8, 4) is 0 Å². The van der Waals surface area contributed by atoms with E-state index in [0.717, 1.165) is 0 Å². The highest BCUT2D eigenvalue weighted by molar-refractivity contribution is 6.33. The molecule has 9 heteroatoms. The number of aryl methyl sites for hydroxylation is 1. The highest BCUT2D eigenvalue weighted by atomic mass is 35.5. The fourth-order valence-corrected chi connectivity index (χ4v) is 2.71. The number of nitrogens with one attached hydrogen (secondary N) is 3. The first-order chi connectivity index (χ1) is 13.5. The summed E-state index contributed by atoms with van der Waals surface area (Å²) in [5.74, 6) is 1.20. The average Bonchev–Trinajstić information content (AvgIpc) is 2.65. The Labute approximate surface area is 166 Å². The minimum absolute atomic E-state index is 0.0714. The Kier molecular flexibility index (Phi) is 6.33. The van der Waals surface area contributed by atoms with Crippen LogP contribution in [0.25, 0.3) is 0 Å². The van der Waals surface area contributed by atoms with E-state index < -0.39 is 11.7 Å². The Morgan fingerprint density at radius 2 is 1.89 bits per heavy atom. The number of nitrogens with zero attached hydrogens (tertiary/aromatic N) is 3. The molecular formula is C19H18ClFN6O. The molecule has 1 aromatic carbocycles. The molecule has 0 saturated carbocycles. The van der Waals surface area contributed by atoms with Gasteiger partial charge in [-0.05, 0) is 31.2 Å². The van der Waals surface area contributed by atoms with Gasteiger partial charge in [-0.1, -0.05) is 23.7 Å². The highest BCUT2D eigenvalue weighted by Gasteiger charge is 2.14. The first kappa shape index (κ1) is 19.5. The fourth-order valence-electron chi connectivity index (χ4n) is 2.46. The lowest BCUT2D eigenvalue weighted by atomic mass is 10.2. The van der Waals surface area contributed by atoms with Crippen molar-refractivity contribution in [1.82, 2.24) is 20.3 Å². The third kappa shape index (κ3) is 5.14. The van der Waals surface area contributed by atoms with E-state index in [1.807, 2.05) is 18.2 Å². The monoisotopic (exact) mass is 400 g/mol. The number of hydrogen-bond acceptors (Lipinski definition) is 6. The van der Waals surface area contributed by atoms with Crippen molar-refractivity contribution < 1.29 is 9.18 Å². The molecule has 3 aromatic rings.